The summed E-state index contributed by atoms with van der Waals surface area (Å²) in [6.07, 6.45) is 4.13. The van der Waals surface area contributed by atoms with Crippen LogP contribution in [0.2, 0.25) is 0 Å². The fraction of sp³-hybridized carbons (Fsp3) is 0.778. The van der Waals surface area contributed by atoms with Crippen molar-refractivity contribution in [2.75, 3.05) is 19.6 Å². The maximum absolute atomic E-state index is 4.07. The van der Waals surface area contributed by atoms with Gasteiger partial charge in [-0.15, -0.1) is 0 Å². The predicted octanol–water partition coefficient (Wildman–Crippen LogP) is 1.66. The molecule has 0 amide bonds. The second-order valence-electron chi connectivity index (χ2n) is 3.67. The fourth-order valence-corrected chi connectivity index (χ4v) is 2.14. The van der Waals surface area contributed by atoms with Crippen molar-refractivity contribution in [2.24, 2.45) is 5.92 Å². The van der Waals surface area contributed by atoms with Gasteiger partial charge in [0, 0.05) is 6.54 Å². The van der Waals surface area contributed by atoms with Crippen molar-refractivity contribution in [3.63, 3.8) is 0 Å². The van der Waals surface area contributed by atoms with Gasteiger partial charge in [0.1, 0.15) is 0 Å². The standard InChI is InChI=1S/C9H15N/c1-8-6-9-2-4-10(7-8)5-3-9/h9H,1-7H2. The molecule has 1 nitrogen and oxygen atoms in total. The number of fused-ring (bicyclic) bond motifs is 4. The van der Waals surface area contributed by atoms with Gasteiger partial charge in [0.2, 0.25) is 0 Å². The Kier molecular flexibility index (Phi) is 1.53. The Morgan fingerprint density at radius 2 is 2.00 bits per heavy atom. The van der Waals surface area contributed by atoms with Crippen molar-refractivity contribution in [1.82, 2.24) is 4.90 Å². The molecule has 3 aliphatic heterocycles. The van der Waals surface area contributed by atoms with Gasteiger partial charge in [-0.25, -0.2) is 0 Å². The topological polar surface area (TPSA) is 3.24 Å². The largest absolute Gasteiger partial charge is 0.299 e. The van der Waals surface area contributed by atoms with Crippen molar-refractivity contribution in [2.45, 2.75) is 19.3 Å². The van der Waals surface area contributed by atoms with Gasteiger partial charge >= 0.3 is 0 Å². The number of hydrogen-bond acceptors (Lipinski definition) is 1. The summed E-state index contributed by atoms with van der Waals surface area (Å²) in [5, 5.41) is 0. The van der Waals surface area contributed by atoms with Crippen molar-refractivity contribution in [3.8, 4) is 0 Å². The van der Waals surface area contributed by atoms with Crippen LogP contribution in [-0.2, 0) is 0 Å². The summed E-state index contributed by atoms with van der Waals surface area (Å²) in [4.78, 5) is 2.53. The minimum atomic E-state index is 0.978. The molecule has 0 aromatic carbocycles. The molecule has 0 aliphatic carbocycles. The minimum Gasteiger partial charge on any atom is -0.299 e. The lowest BCUT2D eigenvalue weighted by Crippen LogP contribution is -2.30. The van der Waals surface area contributed by atoms with E-state index in [0.717, 1.165) is 5.92 Å². The Morgan fingerprint density at radius 3 is 2.70 bits per heavy atom. The highest BCUT2D eigenvalue weighted by atomic mass is 15.1. The molecule has 1 heteroatoms. The molecule has 3 saturated heterocycles. The molecule has 3 aliphatic rings. The van der Waals surface area contributed by atoms with E-state index in [9.17, 15) is 0 Å². The first-order chi connectivity index (χ1) is 4.84. The monoisotopic (exact) mass is 137 g/mol. The molecular weight excluding hydrogens is 122 g/mol. The second-order valence-corrected chi connectivity index (χ2v) is 3.67. The zero-order valence-electron chi connectivity index (χ0n) is 6.47. The summed E-state index contributed by atoms with van der Waals surface area (Å²) in [5.74, 6) is 0.978. The molecule has 2 bridgehead atoms. The molecule has 3 heterocycles. The number of rotatable bonds is 0. The van der Waals surface area contributed by atoms with Gasteiger partial charge in [-0.1, -0.05) is 12.2 Å². The Morgan fingerprint density at radius 1 is 1.30 bits per heavy atom. The third kappa shape index (κ3) is 1.10. The van der Waals surface area contributed by atoms with E-state index in [1.165, 1.54) is 44.5 Å². The van der Waals surface area contributed by atoms with Crippen LogP contribution in [0.25, 0.3) is 0 Å². The third-order valence-electron chi connectivity index (χ3n) is 2.73. The van der Waals surface area contributed by atoms with Gasteiger partial charge in [0.25, 0.3) is 0 Å². The number of hydrogen-bond donors (Lipinski definition) is 0. The van der Waals surface area contributed by atoms with E-state index in [0.29, 0.717) is 0 Å². The lowest BCUT2D eigenvalue weighted by molar-refractivity contribution is 0.227. The average molecular weight is 137 g/mol. The van der Waals surface area contributed by atoms with Crippen molar-refractivity contribution >= 4 is 0 Å². The van der Waals surface area contributed by atoms with Crippen molar-refractivity contribution in [1.29, 1.82) is 0 Å². The summed E-state index contributed by atoms with van der Waals surface area (Å²) >= 11 is 0. The Balaban J connectivity index is 2.12. The van der Waals surface area contributed by atoms with Crippen molar-refractivity contribution < 1.29 is 0 Å². The van der Waals surface area contributed by atoms with Crippen LogP contribution in [0.5, 0.6) is 0 Å². The summed E-state index contributed by atoms with van der Waals surface area (Å²) in [6, 6.07) is 0. The van der Waals surface area contributed by atoms with Crippen LogP contribution in [0.15, 0.2) is 12.2 Å². The highest BCUT2D eigenvalue weighted by Gasteiger charge is 2.24. The van der Waals surface area contributed by atoms with E-state index in [4.69, 9.17) is 0 Å². The smallest absolute Gasteiger partial charge is 0.0190 e. The Hall–Kier alpha value is -0.300. The van der Waals surface area contributed by atoms with E-state index in [2.05, 4.69) is 11.5 Å². The molecule has 0 aromatic rings. The van der Waals surface area contributed by atoms with Gasteiger partial charge in [-0.05, 0) is 38.3 Å². The van der Waals surface area contributed by atoms with Crippen molar-refractivity contribution in [3.05, 3.63) is 12.2 Å². The molecule has 3 fully saturated rings. The highest BCUT2D eigenvalue weighted by molar-refractivity contribution is 5.03. The zero-order valence-corrected chi connectivity index (χ0v) is 6.47. The van der Waals surface area contributed by atoms with Crippen LogP contribution in [0.4, 0.5) is 0 Å². The molecular formula is C9H15N. The molecule has 0 aromatic heterocycles. The maximum Gasteiger partial charge on any atom is 0.0190 e. The maximum atomic E-state index is 4.07. The quantitative estimate of drug-likeness (QED) is 0.459. The van der Waals surface area contributed by atoms with Crippen LogP contribution in [0, 0.1) is 5.92 Å². The van der Waals surface area contributed by atoms with Crippen LogP contribution in [0.3, 0.4) is 0 Å². The molecule has 3 rings (SSSR count). The zero-order chi connectivity index (χ0) is 6.97. The lowest BCUT2D eigenvalue weighted by atomic mass is 9.94. The van der Waals surface area contributed by atoms with Gasteiger partial charge in [0.05, 0.1) is 0 Å². The van der Waals surface area contributed by atoms with Crippen LogP contribution >= 0.6 is 0 Å². The first-order valence-electron chi connectivity index (χ1n) is 4.23. The molecule has 56 valence electrons. The van der Waals surface area contributed by atoms with E-state index in [1.807, 2.05) is 0 Å². The summed E-state index contributed by atoms with van der Waals surface area (Å²) in [6.45, 7) is 7.90. The molecule has 0 unspecified atom stereocenters. The van der Waals surface area contributed by atoms with E-state index >= 15 is 0 Å². The predicted molar refractivity (Wildman–Crippen MR) is 42.9 cm³/mol. The van der Waals surface area contributed by atoms with Gasteiger partial charge < -0.3 is 0 Å². The average Bonchev–Trinajstić information content (AvgIpc) is 2.17. The molecule has 0 saturated carbocycles. The van der Waals surface area contributed by atoms with E-state index in [-0.39, 0.29) is 0 Å². The normalized spacial score (nSPS) is 39.8. The molecule has 0 radical (unpaired) electrons. The summed E-state index contributed by atoms with van der Waals surface area (Å²) in [5.41, 5.74) is 1.46. The number of nitrogens with zero attached hydrogens (tertiary/aromatic N) is 1. The Bertz CT molecular complexity index is 127. The summed E-state index contributed by atoms with van der Waals surface area (Å²) in [7, 11) is 0. The van der Waals surface area contributed by atoms with Crippen LogP contribution < -0.4 is 0 Å². The third-order valence-corrected chi connectivity index (χ3v) is 2.73. The minimum absolute atomic E-state index is 0.978. The van der Waals surface area contributed by atoms with E-state index in [1.54, 1.807) is 0 Å². The van der Waals surface area contributed by atoms with Crippen LogP contribution in [0.1, 0.15) is 19.3 Å². The second kappa shape index (κ2) is 2.39. The van der Waals surface area contributed by atoms with Crippen LogP contribution in [-0.4, -0.2) is 24.5 Å². The summed E-state index contributed by atoms with van der Waals surface area (Å²) < 4.78 is 0. The van der Waals surface area contributed by atoms with E-state index < -0.39 is 0 Å². The van der Waals surface area contributed by atoms with Gasteiger partial charge in [0.15, 0.2) is 0 Å². The molecule has 0 spiro atoms. The molecule has 0 N–H and O–H groups in total. The molecule has 0 atom stereocenters. The first kappa shape index (κ1) is 6.41. The highest BCUT2D eigenvalue weighted by Crippen LogP contribution is 2.28. The Labute approximate surface area is 62.7 Å². The van der Waals surface area contributed by atoms with Gasteiger partial charge in [-0.2, -0.15) is 0 Å². The SMILES string of the molecule is C=C1CC2CCN(CC2)C1. The fourth-order valence-electron chi connectivity index (χ4n) is 2.14. The first-order valence-corrected chi connectivity index (χ1v) is 4.23. The number of piperidine rings is 1. The lowest BCUT2D eigenvalue weighted by Gasteiger charge is -2.25. The molecule has 10 heavy (non-hydrogen) atoms. The van der Waals surface area contributed by atoms with Gasteiger partial charge in [-0.3, -0.25) is 4.90 Å².